The van der Waals surface area contributed by atoms with E-state index in [1.54, 1.807) is 0 Å². The van der Waals surface area contributed by atoms with Crippen LogP contribution in [-0.2, 0) is 4.79 Å². The summed E-state index contributed by atoms with van der Waals surface area (Å²) < 4.78 is 0. The molecule has 0 saturated carbocycles. The van der Waals surface area contributed by atoms with E-state index in [4.69, 9.17) is 0 Å². The highest BCUT2D eigenvalue weighted by Crippen LogP contribution is 2.21. The Morgan fingerprint density at radius 3 is 2.29 bits per heavy atom. The lowest BCUT2D eigenvalue weighted by Gasteiger charge is -2.12. The van der Waals surface area contributed by atoms with Gasteiger partial charge in [-0.3, -0.25) is 4.79 Å². The molecule has 1 atom stereocenters. The Morgan fingerprint density at radius 1 is 1.18 bits per heavy atom. The third-order valence-electron chi connectivity index (χ3n) is 3.35. The molecule has 0 spiro atoms. The van der Waals surface area contributed by atoms with E-state index < -0.39 is 0 Å². The van der Waals surface area contributed by atoms with Gasteiger partial charge in [0.05, 0.1) is 0 Å². The molecule has 0 aromatic heterocycles. The Labute approximate surface area is 106 Å². The van der Waals surface area contributed by atoms with Crippen molar-refractivity contribution in [2.75, 3.05) is 0 Å². The molecule has 0 radical (unpaired) electrons. The van der Waals surface area contributed by atoms with E-state index >= 15 is 0 Å². The van der Waals surface area contributed by atoms with Gasteiger partial charge in [0.2, 0.25) is 0 Å². The molecule has 0 fully saturated rings. The summed E-state index contributed by atoms with van der Waals surface area (Å²) in [4.78, 5) is 11.5. The van der Waals surface area contributed by atoms with Crippen LogP contribution in [0.4, 0.5) is 0 Å². The second-order valence-electron chi connectivity index (χ2n) is 5.32. The van der Waals surface area contributed by atoms with Crippen LogP contribution in [0.2, 0.25) is 0 Å². The SMILES string of the molecule is Bc1ccc(C(C)CCCC(=O)C(C)C)cc1. The molecule has 0 aliphatic heterocycles. The van der Waals surface area contributed by atoms with Crippen LogP contribution in [0.15, 0.2) is 24.3 Å². The quantitative estimate of drug-likeness (QED) is 0.686. The van der Waals surface area contributed by atoms with Gasteiger partial charge in [0.1, 0.15) is 13.6 Å². The number of Topliss-reactive ketones (excluding diaryl/α,β-unsaturated/α-hetero) is 1. The predicted octanol–water partition coefficient (Wildman–Crippen LogP) is 2.44. The molecule has 92 valence electrons. The van der Waals surface area contributed by atoms with Crippen molar-refractivity contribution >= 4 is 19.1 Å². The molecule has 0 bridgehead atoms. The number of benzene rings is 1. The van der Waals surface area contributed by atoms with Gasteiger partial charge in [0.25, 0.3) is 0 Å². The van der Waals surface area contributed by atoms with Gasteiger partial charge in [-0.25, -0.2) is 0 Å². The number of rotatable bonds is 6. The van der Waals surface area contributed by atoms with E-state index in [1.807, 2.05) is 13.8 Å². The highest BCUT2D eigenvalue weighted by molar-refractivity contribution is 6.32. The van der Waals surface area contributed by atoms with E-state index in [0.717, 1.165) is 19.3 Å². The molecule has 1 aromatic rings. The van der Waals surface area contributed by atoms with E-state index in [1.165, 1.54) is 11.0 Å². The molecule has 2 heteroatoms. The zero-order valence-corrected chi connectivity index (χ0v) is 11.5. The minimum absolute atomic E-state index is 0.185. The number of carbonyl (C=O) groups is 1. The Kier molecular flexibility index (Phi) is 5.47. The molecular formula is C15H23BO. The van der Waals surface area contributed by atoms with Gasteiger partial charge in [0, 0.05) is 12.3 Å². The molecule has 0 saturated heterocycles. The fourth-order valence-electron chi connectivity index (χ4n) is 1.93. The Morgan fingerprint density at radius 2 is 1.76 bits per heavy atom. The van der Waals surface area contributed by atoms with Crippen molar-refractivity contribution in [3.63, 3.8) is 0 Å². The summed E-state index contributed by atoms with van der Waals surface area (Å²) in [7, 11) is 2.11. The van der Waals surface area contributed by atoms with Crippen molar-refractivity contribution < 1.29 is 4.79 Å². The lowest BCUT2D eigenvalue weighted by molar-refractivity contribution is -0.122. The smallest absolute Gasteiger partial charge is 0.139 e. The fourth-order valence-corrected chi connectivity index (χ4v) is 1.93. The second-order valence-corrected chi connectivity index (χ2v) is 5.32. The van der Waals surface area contributed by atoms with Crippen molar-refractivity contribution in [2.24, 2.45) is 5.92 Å². The molecule has 0 heterocycles. The summed E-state index contributed by atoms with van der Waals surface area (Å²) in [5, 5.41) is 0. The van der Waals surface area contributed by atoms with Crippen LogP contribution >= 0.6 is 0 Å². The lowest BCUT2D eigenvalue weighted by atomic mass is 9.89. The monoisotopic (exact) mass is 230 g/mol. The van der Waals surface area contributed by atoms with Crippen LogP contribution in [0.5, 0.6) is 0 Å². The van der Waals surface area contributed by atoms with Gasteiger partial charge >= 0.3 is 0 Å². The highest BCUT2D eigenvalue weighted by Gasteiger charge is 2.09. The molecule has 1 nitrogen and oxygen atoms in total. The first-order chi connectivity index (χ1) is 8.00. The normalized spacial score (nSPS) is 12.7. The van der Waals surface area contributed by atoms with Crippen LogP contribution in [0.1, 0.15) is 51.5 Å². The predicted molar refractivity (Wildman–Crippen MR) is 76.7 cm³/mol. The standard InChI is InChI=1S/C15H23BO/c1-11(2)15(17)6-4-5-12(3)13-7-9-14(16)10-8-13/h7-12H,4-6,16H2,1-3H3. The topological polar surface area (TPSA) is 17.1 Å². The van der Waals surface area contributed by atoms with Crippen molar-refractivity contribution in [1.82, 2.24) is 0 Å². The number of carbonyl (C=O) groups excluding carboxylic acids is 1. The molecule has 1 rings (SSSR count). The molecule has 0 aliphatic carbocycles. The Balaban J connectivity index is 2.37. The summed E-state index contributed by atoms with van der Waals surface area (Å²) >= 11 is 0. The van der Waals surface area contributed by atoms with Crippen LogP contribution in [-0.4, -0.2) is 13.6 Å². The first-order valence-corrected chi connectivity index (χ1v) is 6.60. The van der Waals surface area contributed by atoms with Crippen LogP contribution in [0, 0.1) is 5.92 Å². The summed E-state index contributed by atoms with van der Waals surface area (Å²) in [5.74, 6) is 1.13. The maximum atomic E-state index is 11.5. The van der Waals surface area contributed by atoms with E-state index in [0.29, 0.717) is 11.7 Å². The average Bonchev–Trinajstić information content (AvgIpc) is 2.29. The largest absolute Gasteiger partial charge is 0.299 e. The van der Waals surface area contributed by atoms with Gasteiger partial charge in [-0.05, 0) is 24.3 Å². The molecule has 0 aliphatic rings. The van der Waals surface area contributed by atoms with Crippen LogP contribution < -0.4 is 5.46 Å². The van der Waals surface area contributed by atoms with Crippen molar-refractivity contribution in [3.05, 3.63) is 29.8 Å². The highest BCUT2D eigenvalue weighted by atomic mass is 16.1. The Hall–Kier alpha value is -1.05. The maximum Gasteiger partial charge on any atom is 0.139 e. The summed E-state index contributed by atoms with van der Waals surface area (Å²) in [5.41, 5.74) is 2.68. The summed E-state index contributed by atoms with van der Waals surface area (Å²) in [6.07, 6.45) is 2.83. The second kappa shape index (κ2) is 6.63. The van der Waals surface area contributed by atoms with Crippen LogP contribution in [0.3, 0.4) is 0 Å². The van der Waals surface area contributed by atoms with Crippen molar-refractivity contribution in [2.45, 2.75) is 46.0 Å². The van der Waals surface area contributed by atoms with E-state index in [9.17, 15) is 4.79 Å². The zero-order chi connectivity index (χ0) is 12.8. The third kappa shape index (κ3) is 4.76. The number of hydrogen-bond donors (Lipinski definition) is 0. The van der Waals surface area contributed by atoms with E-state index in [-0.39, 0.29) is 5.92 Å². The minimum atomic E-state index is 0.185. The van der Waals surface area contributed by atoms with Crippen molar-refractivity contribution in [1.29, 1.82) is 0 Å². The molecule has 1 unspecified atom stereocenters. The molecule has 17 heavy (non-hydrogen) atoms. The lowest BCUT2D eigenvalue weighted by Crippen LogP contribution is -2.07. The molecule has 0 N–H and O–H groups in total. The molecular weight excluding hydrogens is 207 g/mol. The van der Waals surface area contributed by atoms with Gasteiger partial charge in [-0.15, -0.1) is 0 Å². The zero-order valence-electron chi connectivity index (χ0n) is 11.5. The van der Waals surface area contributed by atoms with Gasteiger partial charge in [0.15, 0.2) is 0 Å². The third-order valence-corrected chi connectivity index (χ3v) is 3.35. The number of hydrogen-bond acceptors (Lipinski definition) is 1. The average molecular weight is 230 g/mol. The van der Waals surface area contributed by atoms with Gasteiger partial charge in [-0.2, -0.15) is 0 Å². The fraction of sp³-hybridized carbons (Fsp3) is 0.533. The first kappa shape index (κ1) is 14.0. The summed E-state index contributed by atoms with van der Waals surface area (Å²) in [6, 6.07) is 8.71. The van der Waals surface area contributed by atoms with Crippen molar-refractivity contribution in [3.8, 4) is 0 Å². The van der Waals surface area contributed by atoms with Gasteiger partial charge < -0.3 is 0 Å². The minimum Gasteiger partial charge on any atom is -0.299 e. The Bertz CT molecular complexity index is 354. The number of ketones is 1. The summed E-state index contributed by atoms with van der Waals surface area (Å²) in [6.45, 7) is 6.20. The molecule has 1 aromatic carbocycles. The first-order valence-electron chi connectivity index (χ1n) is 6.60. The van der Waals surface area contributed by atoms with Crippen LogP contribution in [0.25, 0.3) is 0 Å². The van der Waals surface area contributed by atoms with E-state index in [2.05, 4.69) is 39.0 Å². The maximum absolute atomic E-state index is 11.5. The molecule has 0 amide bonds. The van der Waals surface area contributed by atoms with Gasteiger partial charge in [-0.1, -0.05) is 50.5 Å².